The van der Waals surface area contributed by atoms with Crippen molar-refractivity contribution in [1.82, 2.24) is 10.2 Å². The minimum absolute atomic E-state index is 0.0502. The molecule has 0 radical (unpaired) electrons. The fourth-order valence-corrected chi connectivity index (χ4v) is 3.80. The monoisotopic (exact) mass is 338 g/mol. The van der Waals surface area contributed by atoms with Crippen LogP contribution in [-0.2, 0) is 14.4 Å². The Morgan fingerprint density at radius 2 is 1.75 bits per heavy atom. The van der Waals surface area contributed by atoms with Gasteiger partial charge in [0.1, 0.15) is 0 Å². The number of likely N-dealkylation sites (tertiary alicyclic amines) is 1. The number of rotatable bonds is 7. The van der Waals surface area contributed by atoms with Crippen molar-refractivity contribution in [2.24, 2.45) is 11.3 Å². The van der Waals surface area contributed by atoms with Gasteiger partial charge >= 0.3 is 5.97 Å². The molecule has 2 rings (SSSR count). The molecule has 6 nitrogen and oxygen atoms in total. The van der Waals surface area contributed by atoms with Crippen molar-refractivity contribution in [2.45, 2.75) is 71.3 Å². The average Bonchev–Trinajstić information content (AvgIpc) is 2.52. The van der Waals surface area contributed by atoms with Crippen LogP contribution in [0.1, 0.15) is 65.2 Å². The van der Waals surface area contributed by atoms with Crippen LogP contribution >= 0.6 is 0 Å². The Hall–Kier alpha value is -1.59. The SMILES string of the molecule is CCC(CC)C(=O)N1CCC(NC(=O)CC2(C(=O)O)CCC2)CC1. The van der Waals surface area contributed by atoms with Gasteiger partial charge in [-0.2, -0.15) is 0 Å². The first-order chi connectivity index (χ1) is 11.4. The van der Waals surface area contributed by atoms with E-state index in [0.29, 0.717) is 25.9 Å². The van der Waals surface area contributed by atoms with Gasteiger partial charge in [0.2, 0.25) is 11.8 Å². The third kappa shape index (κ3) is 4.08. The van der Waals surface area contributed by atoms with Crippen LogP contribution in [0.2, 0.25) is 0 Å². The first-order valence-electron chi connectivity index (χ1n) is 9.23. The number of carbonyl (C=O) groups is 3. The van der Waals surface area contributed by atoms with E-state index >= 15 is 0 Å². The van der Waals surface area contributed by atoms with E-state index in [1.54, 1.807) is 0 Å². The summed E-state index contributed by atoms with van der Waals surface area (Å²) in [5.74, 6) is -0.689. The van der Waals surface area contributed by atoms with Gasteiger partial charge in [0, 0.05) is 31.5 Å². The normalized spacial score (nSPS) is 20.5. The van der Waals surface area contributed by atoms with Gasteiger partial charge in [0.25, 0.3) is 0 Å². The Bertz CT molecular complexity index is 475. The van der Waals surface area contributed by atoms with Gasteiger partial charge in [0.15, 0.2) is 0 Å². The summed E-state index contributed by atoms with van der Waals surface area (Å²) in [6, 6.07) is 0.0502. The number of aliphatic carboxylic acids is 1. The highest BCUT2D eigenvalue weighted by Gasteiger charge is 2.46. The number of carbonyl (C=O) groups excluding carboxylic acids is 2. The van der Waals surface area contributed by atoms with E-state index in [0.717, 1.165) is 32.1 Å². The number of hydrogen-bond acceptors (Lipinski definition) is 3. The van der Waals surface area contributed by atoms with E-state index in [1.165, 1.54) is 0 Å². The first kappa shape index (κ1) is 18.7. The molecule has 1 aliphatic heterocycles. The molecule has 6 heteroatoms. The van der Waals surface area contributed by atoms with Crippen LogP contribution < -0.4 is 5.32 Å². The zero-order valence-corrected chi connectivity index (χ0v) is 14.8. The van der Waals surface area contributed by atoms with E-state index in [9.17, 15) is 19.5 Å². The minimum Gasteiger partial charge on any atom is -0.481 e. The summed E-state index contributed by atoms with van der Waals surface area (Å²) in [6.07, 6.45) is 5.38. The van der Waals surface area contributed by atoms with Gasteiger partial charge in [-0.3, -0.25) is 14.4 Å². The first-order valence-corrected chi connectivity index (χ1v) is 9.23. The Kier molecular flexibility index (Phi) is 6.24. The van der Waals surface area contributed by atoms with Crippen LogP contribution in [0.25, 0.3) is 0 Å². The maximum Gasteiger partial charge on any atom is 0.310 e. The summed E-state index contributed by atoms with van der Waals surface area (Å²) in [4.78, 5) is 37.8. The second-order valence-electron chi connectivity index (χ2n) is 7.30. The lowest BCUT2D eigenvalue weighted by molar-refractivity contribution is -0.157. The minimum atomic E-state index is -0.852. The molecule has 0 spiro atoms. The lowest BCUT2D eigenvalue weighted by Gasteiger charge is -2.38. The number of nitrogens with zero attached hydrogens (tertiary/aromatic N) is 1. The van der Waals surface area contributed by atoms with Crippen LogP contribution in [0.3, 0.4) is 0 Å². The van der Waals surface area contributed by atoms with Crippen LogP contribution in [0.5, 0.6) is 0 Å². The van der Waals surface area contributed by atoms with E-state index in [-0.39, 0.29) is 30.2 Å². The maximum absolute atomic E-state index is 12.4. The van der Waals surface area contributed by atoms with Crippen molar-refractivity contribution in [3.8, 4) is 0 Å². The van der Waals surface area contributed by atoms with Crippen LogP contribution in [-0.4, -0.2) is 46.9 Å². The topological polar surface area (TPSA) is 86.7 Å². The van der Waals surface area contributed by atoms with Gasteiger partial charge in [-0.25, -0.2) is 0 Å². The molecule has 24 heavy (non-hydrogen) atoms. The summed E-state index contributed by atoms with van der Waals surface area (Å²) in [5, 5.41) is 12.3. The number of carboxylic acids is 1. The summed E-state index contributed by atoms with van der Waals surface area (Å²) >= 11 is 0. The molecule has 1 saturated heterocycles. The van der Waals surface area contributed by atoms with Crippen molar-refractivity contribution in [3.05, 3.63) is 0 Å². The standard InChI is InChI=1S/C18H30N2O4/c1-3-13(4-2)16(22)20-10-6-14(7-11-20)19-15(21)12-18(17(23)24)8-5-9-18/h13-14H,3-12H2,1-2H3,(H,19,21)(H,23,24). The number of carboxylic acid groups (broad SMARTS) is 1. The molecule has 2 fully saturated rings. The van der Waals surface area contributed by atoms with Crippen molar-refractivity contribution in [3.63, 3.8) is 0 Å². The quantitative estimate of drug-likeness (QED) is 0.745. The Morgan fingerprint density at radius 1 is 1.17 bits per heavy atom. The van der Waals surface area contributed by atoms with Gasteiger partial charge in [-0.1, -0.05) is 20.3 Å². The predicted octanol–water partition coefficient (Wildman–Crippen LogP) is 2.17. The van der Waals surface area contributed by atoms with E-state index in [4.69, 9.17) is 0 Å². The Morgan fingerprint density at radius 3 is 2.17 bits per heavy atom. The van der Waals surface area contributed by atoms with E-state index in [2.05, 4.69) is 5.32 Å². The van der Waals surface area contributed by atoms with Gasteiger partial charge in [-0.05, 0) is 38.5 Å². The highest BCUT2D eigenvalue weighted by molar-refractivity contribution is 5.85. The number of hydrogen-bond donors (Lipinski definition) is 2. The van der Waals surface area contributed by atoms with Crippen molar-refractivity contribution in [1.29, 1.82) is 0 Å². The fourth-order valence-electron chi connectivity index (χ4n) is 3.80. The molecule has 0 aromatic heterocycles. The van der Waals surface area contributed by atoms with Crippen molar-refractivity contribution >= 4 is 17.8 Å². The van der Waals surface area contributed by atoms with Crippen LogP contribution in [0, 0.1) is 11.3 Å². The predicted molar refractivity (Wildman–Crippen MR) is 90.4 cm³/mol. The average molecular weight is 338 g/mol. The summed E-state index contributed by atoms with van der Waals surface area (Å²) in [5.41, 5.74) is -0.837. The molecule has 2 amide bonds. The lowest BCUT2D eigenvalue weighted by Crippen LogP contribution is -2.49. The molecule has 1 aliphatic carbocycles. The zero-order valence-electron chi connectivity index (χ0n) is 14.8. The molecular weight excluding hydrogens is 308 g/mol. The molecule has 2 aliphatic rings. The number of piperidine rings is 1. The molecule has 0 bridgehead atoms. The van der Waals surface area contributed by atoms with E-state index < -0.39 is 11.4 Å². The summed E-state index contributed by atoms with van der Waals surface area (Å²) in [6.45, 7) is 5.42. The Balaban J connectivity index is 1.77. The van der Waals surface area contributed by atoms with Crippen LogP contribution in [0.15, 0.2) is 0 Å². The van der Waals surface area contributed by atoms with Gasteiger partial charge < -0.3 is 15.3 Å². The fraction of sp³-hybridized carbons (Fsp3) is 0.833. The summed E-state index contributed by atoms with van der Waals surface area (Å²) < 4.78 is 0. The molecule has 2 N–H and O–H groups in total. The second-order valence-corrected chi connectivity index (χ2v) is 7.30. The largest absolute Gasteiger partial charge is 0.481 e. The zero-order chi connectivity index (χ0) is 17.7. The van der Waals surface area contributed by atoms with E-state index in [1.807, 2.05) is 18.7 Å². The molecule has 136 valence electrons. The lowest BCUT2D eigenvalue weighted by atomic mass is 9.66. The molecule has 0 aromatic carbocycles. The number of nitrogens with one attached hydrogen (secondary N) is 1. The molecule has 1 heterocycles. The number of amides is 2. The summed E-state index contributed by atoms with van der Waals surface area (Å²) in [7, 11) is 0. The maximum atomic E-state index is 12.4. The highest BCUT2D eigenvalue weighted by atomic mass is 16.4. The second kappa shape index (κ2) is 7.99. The van der Waals surface area contributed by atoms with Gasteiger partial charge in [0.05, 0.1) is 5.41 Å². The highest BCUT2D eigenvalue weighted by Crippen LogP contribution is 2.44. The Labute approximate surface area is 144 Å². The third-order valence-corrected chi connectivity index (χ3v) is 5.77. The van der Waals surface area contributed by atoms with Crippen LogP contribution in [0.4, 0.5) is 0 Å². The molecule has 1 saturated carbocycles. The third-order valence-electron chi connectivity index (χ3n) is 5.77. The van der Waals surface area contributed by atoms with Crippen molar-refractivity contribution < 1.29 is 19.5 Å². The van der Waals surface area contributed by atoms with Gasteiger partial charge in [-0.15, -0.1) is 0 Å². The molecular formula is C18H30N2O4. The smallest absolute Gasteiger partial charge is 0.310 e. The molecule has 0 aromatic rings. The molecule has 0 atom stereocenters. The van der Waals surface area contributed by atoms with Crippen molar-refractivity contribution in [2.75, 3.05) is 13.1 Å². The molecule has 0 unspecified atom stereocenters.